The van der Waals surface area contributed by atoms with Crippen LogP contribution in [-0.4, -0.2) is 11.6 Å². The van der Waals surface area contributed by atoms with Gasteiger partial charge in [0.25, 0.3) is 0 Å². The second kappa shape index (κ2) is 4.07. The minimum atomic E-state index is 0.469. The molecular weight excluding hydrogens is 220 g/mol. The molecule has 1 aromatic heterocycles. The van der Waals surface area contributed by atoms with Gasteiger partial charge in [-0.1, -0.05) is 0 Å². The molecule has 12 heavy (non-hydrogen) atoms. The number of ether oxygens (including phenoxy) is 1. The van der Waals surface area contributed by atoms with Crippen molar-refractivity contribution >= 4 is 15.9 Å². The quantitative estimate of drug-likeness (QED) is 0.777. The van der Waals surface area contributed by atoms with E-state index in [1.165, 1.54) is 0 Å². The Balaban J connectivity index is 3.07. The maximum atomic E-state index is 8.65. The van der Waals surface area contributed by atoms with Gasteiger partial charge in [-0.25, -0.2) is 4.98 Å². The van der Waals surface area contributed by atoms with Gasteiger partial charge in [0.15, 0.2) is 0 Å². The molecule has 1 heterocycles. The Morgan fingerprint density at radius 3 is 3.08 bits per heavy atom. The minimum absolute atomic E-state index is 0.469. The minimum Gasteiger partial charge on any atom is -0.477 e. The van der Waals surface area contributed by atoms with Crippen molar-refractivity contribution in [3.63, 3.8) is 0 Å². The first-order valence-electron chi connectivity index (χ1n) is 3.47. The number of hydrogen-bond donors (Lipinski definition) is 0. The van der Waals surface area contributed by atoms with Crippen LogP contribution in [0.25, 0.3) is 0 Å². The number of nitriles is 1. The smallest absolute Gasteiger partial charge is 0.229 e. The molecule has 0 unspecified atom stereocenters. The molecule has 0 fully saturated rings. The number of halogens is 1. The van der Waals surface area contributed by atoms with E-state index in [1.807, 2.05) is 13.0 Å². The van der Waals surface area contributed by atoms with Gasteiger partial charge in [0, 0.05) is 6.20 Å². The zero-order valence-corrected chi connectivity index (χ0v) is 8.13. The Morgan fingerprint density at radius 2 is 2.50 bits per heavy atom. The van der Waals surface area contributed by atoms with Crippen LogP contribution in [-0.2, 0) is 0 Å². The normalized spacial score (nSPS) is 9.08. The lowest BCUT2D eigenvalue weighted by Crippen LogP contribution is -1.96. The summed E-state index contributed by atoms with van der Waals surface area (Å²) >= 11 is 3.23. The van der Waals surface area contributed by atoms with Gasteiger partial charge in [0.05, 0.1) is 16.6 Å². The molecule has 0 saturated carbocycles. The molecule has 0 bridgehead atoms. The first-order valence-corrected chi connectivity index (χ1v) is 4.26. The van der Waals surface area contributed by atoms with E-state index in [0.717, 1.165) is 0 Å². The summed E-state index contributed by atoms with van der Waals surface area (Å²) in [7, 11) is 0. The highest BCUT2D eigenvalue weighted by molar-refractivity contribution is 9.10. The molecule has 0 aliphatic rings. The van der Waals surface area contributed by atoms with Crippen molar-refractivity contribution in [3.05, 3.63) is 22.3 Å². The number of nitrogens with zero attached hydrogens (tertiary/aromatic N) is 2. The van der Waals surface area contributed by atoms with Crippen molar-refractivity contribution in [3.8, 4) is 11.9 Å². The third-order valence-electron chi connectivity index (χ3n) is 1.26. The van der Waals surface area contributed by atoms with Gasteiger partial charge in [-0.2, -0.15) is 5.26 Å². The molecule has 0 aromatic carbocycles. The Kier molecular flexibility index (Phi) is 3.06. The average Bonchev–Trinajstić information content (AvgIpc) is 2.09. The van der Waals surface area contributed by atoms with Gasteiger partial charge in [-0.3, -0.25) is 0 Å². The summed E-state index contributed by atoms with van der Waals surface area (Å²) in [6.45, 7) is 2.41. The van der Waals surface area contributed by atoms with Gasteiger partial charge in [-0.15, -0.1) is 0 Å². The molecule has 62 valence electrons. The van der Waals surface area contributed by atoms with Gasteiger partial charge in [0.2, 0.25) is 5.88 Å². The van der Waals surface area contributed by atoms with Crippen LogP contribution >= 0.6 is 15.9 Å². The average molecular weight is 227 g/mol. The Labute approximate surface area is 79.1 Å². The van der Waals surface area contributed by atoms with Crippen molar-refractivity contribution in [2.24, 2.45) is 0 Å². The fourth-order valence-corrected chi connectivity index (χ4v) is 1.19. The van der Waals surface area contributed by atoms with Gasteiger partial charge in [-0.05, 0) is 28.9 Å². The maximum absolute atomic E-state index is 8.65. The summed E-state index contributed by atoms with van der Waals surface area (Å²) in [5.74, 6) is 0.469. The Morgan fingerprint density at radius 1 is 1.75 bits per heavy atom. The highest BCUT2D eigenvalue weighted by atomic mass is 79.9. The molecule has 0 radical (unpaired) electrons. The Hall–Kier alpha value is -1.08. The van der Waals surface area contributed by atoms with Crippen molar-refractivity contribution in [2.75, 3.05) is 6.61 Å². The fourth-order valence-electron chi connectivity index (χ4n) is 0.748. The molecule has 4 heteroatoms. The van der Waals surface area contributed by atoms with Gasteiger partial charge >= 0.3 is 0 Å². The van der Waals surface area contributed by atoms with E-state index in [0.29, 0.717) is 22.5 Å². The lowest BCUT2D eigenvalue weighted by Gasteiger charge is -2.03. The van der Waals surface area contributed by atoms with Crippen LogP contribution in [0.2, 0.25) is 0 Å². The van der Waals surface area contributed by atoms with Crippen LogP contribution in [0.5, 0.6) is 5.88 Å². The Bertz CT molecular complexity index is 319. The predicted octanol–water partition coefficient (Wildman–Crippen LogP) is 2.11. The molecule has 1 aromatic rings. The molecule has 1 rings (SSSR count). The fraction of sp³-hybridized carbons (Fsp3) is 0.250. The van der Waals surface area contributed by atoms with Gasteiger partial charge < -0.3 is 4.74 Å². The highest BCUT2D eigenvalue weighted by Gasteiger charge is 2.06. The molecule has 0 atom stereocenters. The molecule has 3 nitrogen and oxygen atoms in total. The monoisotopic (exact) mass is 226 g/mol. The van der Waals surface area contributed by atoms with Crippen molar-refractivity contribution in [1.82, 2.24) is 4.98 Å². The third-order valence-corrected chi connectivity index (χ3v) is 2.03. The molecule has 0 N–H and O–H groups in total. The number of pyridine rings is 1. The molecular formula is C8H7BrN2O. The molecule has 0 amide bonds. The second-order valence-electron chi connectivity index (χ2n) is 2.02. The SMILES string of the molecule is CCOc1nccc(C#N)c1Br. The van der Waals surface area contributed by atoms with Crippen LogP contribution in [0.1, 0.15) is 12.5 Å². The van der Waals surface area contributed by atoms with Crippen LogP contribution in [0.3, 0.4) is 0 Å². The summed E-state index contributed by atoms with van der Waals surface area (Å²) in [6, 6.07) is 3.66. The van der Waals surface area contributed by atoms with E-state index in [4.69, 9.17) is 10.00 Å². The summed E-state index contributed by atoms with van der Waals surface area (Å²) in [4.78, 5) is 3.96. The van der Waals surface area contributed by atoms with Gasteiger partial charge in [0.1, 0.15) is 6.07 Å². The summed E-state index contributed by atoms with van der Waals surface area (Å²) in [5.41, 5.74) is 0.536. The zero-order chi connectivity index (χ0) is 8.97. The first kappa shape index (κ1) is 9.01. The van der Waals surface area contributed by atoms with E-state index >= 15 is 0 Å². The van der Waals surface area contributed by atoms with E-state index in [1.54, 1.807) is 12.3 Å². The summed E-state index contributed by atoms with van der Waals surface area (Å²) in [6.07, 6.45) is 1.55. The largest absolute Gasteiger partial charge is 0.477 e. The standard InChI is InChI=1S/C8H7BrN2O/c1-2-12-8-7(9)6(5-10)3-4-11-8/h3-4H,2H2,1H3. The molecule has 0 aliphatic heterocycles. The summed E-state index contributed by atoms with van der Waals surface area (Å²) < 4.78 is 5.79. The van der Waals surface area contributed by atoms with E-state index < -0.39 is 0 Å². The van der Waals surface area contributed by atoms with Crippen LogP contribution in [0, 0.1) is 11.3 Å². The number of rotatable bonds is 2. The number of hydrogen-bond acceptors (Lipinski definition) is 3. The maximum Gasteiger partial charge on any atom is 0.229 e. The summed E-state index contributed by atoms with van der Waals surface area (Å²) in [5, 5.41) is 8.65. The predicted molar refractivity (Wildman–Crippen MR) is 47.8 cm³/mol. The van der Waals surface area contributed by atoms with E-state index in [-0.39, 0.29) is 0 Å². The van der Waals surface area contributed by atoms with E-state index in [2.05, 4.69) is 20.9 Å². The highest BCUT2D eigenvalue weighted by Crippen LogP contribution is 2.25. The molecule has 0 aliphatic carbocycles. The van der Waals surface area contributed by atoms with Crippen molar-refractivity contribution in [1.29, 1.82) is 5.26 Å². The van der Waals surface area contributed by atoms with Crippen LogP contribution in [0.15, 0.2) is 16.7 Å². The topological polar surface area (TPSA) is 45.9 Å². The lowest BCUT2D eigenvalue weighted by molar-refractivity contribution is 0.324. The van der Waals surface area contributed by atoms with Crippen molar-refractivity contribution in [2.45, 2.75) is 6.92 Å². The molecule has 0 spiro atoms. The van der Waals surface area contributed by atoms with E-state index in [9.17, 15) is 0 Å². The zero-order valence-electron chi connectivity index (χ0n) is 6.54. The second-order valence-corrected chi connectivity index (χ2v) is 2.82. The van der Waals surface area contributed by atoms with Crippen LogP contribution in [0.4, 0.5) is 0 Å². The first-order chi connectivity index (χ1) is 5.79. The van der Waals surface area contributed by atoms with Crippen LogP contribution < -0.4 is 4.74 Å². The third kappa shape index (κ3) is 1.74. The van der Waals surface area contributed by atoms with Crippen molar-refractivity contribution < 1.29 is 4.74 Å². The molecule has 0 saturated heterocycles. The number of aromatic nitrogens is 1. The lowest BCUT2D eigenvalue weighted by atomic mass is 10.3.